The summed E-state index contributed by atoms with van der Waals surface area (Å²) in [5.74, 6) is 0.0659. The summed E-state index contributed by atoms with van der Waals surface area (Å²) in [5.41, 5.74) is -0.190. The highest BCUT2D eigenvalue weighted by atomic mass is 32.1. The van der Waals surface area contributed by atoms with Gasteiger partial charge in [-0.25, -0.2) is 0 Å². The van der Waals surface area contributed by atoms with Crippen LogP contribution < -0.4 is 0 Å². The predicted molar refractivity (Wildman–Crippen MR) is 59.0 cm³/mol. The lowest BCUT2D eigenvalue weighted by atomic mass is 9.92. The Kier molecular flexibility index (Phi) is 3.48. The molecule has 80 valence electrons. The van der Waals surface area contributed by atoms with E-state index in [-0.39, 0.29) is 11.4 Å². The van der Waals surface area contributed by atoms with E-state index in [4.69, 9.17) is 17.0 Å². The minimum atomic E-state index is -0.190. The first-order chi connectivity index (χ1) is 6.61. The molecule has 1 heterocycles. The van der Waals surface area contributed by atoms with Crippen molar-refractivity contribution in [1.29, 1.82) is 0 Å². The number of hydrogen-bond acceptors (Lipinski definition) is 3. The number of amides is 1. The largest absolute Gasteiger partial charge is 0.468 e. The van der Waals surface area contributed by atoms with Crippen LogP contribution in [0.5, 0.6) is 0 Å². The standard InChI is InChI=1S/C10H17NO2S/c1-4-8(12)11-9(14)13-7-10(11,5-2)6-3/h4-7H2,1-3H3. The van der Waals surface area contributed by atoms with Crippen LogP contribution in [0.1, 0.15) is 40.0 Å². The molecular weight excluding hydrogens is 198 g/mol. The number of hydrogen-bond donors (Lipinski definition) is 0. The van der Waals surface area contributed by atoms with Gasteiger partial charge in [0.1, 0.15) is 6.61 Å². The molecule has 0 aliphatic carbocycles. The van der Waals surface area contributed by atoms with Gasteiger partial charge in [-0.05, 0) is 25.1 Å². The topological polar surface area (TPSA) is 29.5 Å². The molecule has 1 rings (SSSR count). The predicted octanol–water partition coefficient (Wildman–Crippen LogP) is 2.10. The Balaban J connectivity index is 2.96. The lowest BCUT2D eigenvalue weighted by Gasteiger charge is -2.32. The first-order valence-corrected chi connectivity index (χ1v) is 5.52. The van der Waals surface area contributed by atoms with Crippen LogP contribution in [0.3, 0.4) is 0 Å². The summed E-state index contributed by atoms with van der Waals surface area (Å²) in [4.78, 5) is 13.4. The van der Waals surface area contributed by atoms with Crippen molar-refractivity contribution >= 4 is 23.3 Å². The van der Waals surface area contributed by atoms with Crippen molar-refractivity contribution in [2.45, 2.75) is 45.6 Å². The van der Waals surface area contributed by atoms with E-state index in [0.717, 1.165) is 12.8 Å². The highest BCUT2D eigenvalue weighted by Crippen LogP contribution is 2.31. The quantitative estimate of drug-likeness (QED) is 0.675. The van der Waals surface area contributed by atoms with Gasteiger partial charge in [0.15, 0.2) is 0 Å². The van der Waals surface area contributed by atoms with Crippen molar-refractivity contribution in [2.75, 3.05) is 6.61 Å². The number of nitrogens with zero attached hydrogens (tertiary/aromatic N) is 1. The van der Waals surface area contributed by atoms with Crippen LogP contribution in [-0.2, 0) is 9.53 Å². The van der Waals surface area contributed by atoms with E-state index in [0.29, 0.717) is 18.2 Å². The Bertz CT molecular complexity index is 249. The van der Waals surface area contributed by atoms with Crippen LogP contribution in [-0.4, -0.2) is 28.1 Å². The van der Waals surface area contributed by atoms with Gasteiger partial charge in [0, 0.05) is 6.42 Å². The van der Waals surface area contributed by atoms with Gasteiger partial charge in [-0.3, -0.25) is 9.69 Å². The van der Waals surface area contributed by atoms with Crippen LogP contribution in [0.15, 0.2) is 0 Å². The summed E-state index contributed by atoms with van der Waals surface area (Å²) >= 11 is 5.05. The molecule has 14 heavy (non-hydrogen) atoms. The zero-order chi connectivity index (χ0) is 10.8. The Morgan fingerprint density at radius 3 is 2.50 bits per heavy atom. The first-order valence-electron chi connectivity index (χ1n) is 5.11. The molecule has 3 nitrogen and oxygen atoms in total. The van der Waals surface area contributed by atoms with E-state index in [1.54, 1.807) is 4.90 Å². The summed E-state index contributed by atoms with van der Waals surface area (Å²) in [6.45, 7) is 6.53. The number of thiocarbonyl (C=S) groups is 1. The van der Waals surface area contributed by atoms with Crippen LogP contribution in [0, 0.1) is 0 Å². The minimum absolute atomic E-state index is 0.0659. The van der Waals surface area contributed by atoms with Crippen LogP contribution >= 0.6 is 12.2 Å². The van der Waals surface area contributed by atoms with Gasteiger partial charge in [-0.1, -0.05) is 20.8 Å². The van der Waals surface area contributed by atoms with Crippen molar-refractivity contribution in [3.05, 3.63) is 0 Å². The molecule has 0 unspecified atom stereocenters. The van der Waals surface area contributed by atoms with Crippen molar-refractivity contribution in [3.63, 3.8) is 0 Å². The van der Waals surface area contributed by atoms with Gasteiger partial charge in [-0.2, -0.15) is 0 Å². The Hall–Kier alpha value is -0.640. The van der Waals surface area contributed by atoms with Gasteiger partial charge in [-0.15, -0.1) is 0 Å². The Labute approximate surface area is 90.4 Å². The van der Waals surface area contributed by atoms with Crippen LogP contribution in [0.2, 0.25) is 0 Å². The number of carbonyl (C=O) groups is 1. The van der Waals surface area contributed by atoms with E-state index in [9.17, 15) is 4.79 Å². The molecule has 4 heteroatoms. The summed E-state index contributed by atoms with van der Waals surface area (Å²) in [7, 11) is 0. The minimum Gasteiger partial charge on any atom is -0.468 e. The van der Waals surface area contributed by atoms with Crippen LogP contribution in [0.4, 0.5) is 0 Å². The van der Waals surface area contributed by atoms with Crippen LogP contribution in [0.25, 0.3) is 0 Å². The fraction of sp³-hybridized carbons (Fsp3) is 0.800. The maximum Gasteiger partial charge on any atom is 0.266 e. The second kappa shape index (κ2) is 4.26. The molecule has 1 aliphatic heterocycles. The second-order valence-electron chi connectivity index (χ2n) is 3.57. The Morgan fingerprint density at radius 2 is 2.07 bits per heavy atom. The summed E-state index contributed by atoms with van der Waals surface area (Å²) in [6, 6.07) is 0. The van der Waals surface area contributed by atoms with E-state index in [1.807, 2.05) is 6.92 Å². The third-order valence-corrected chi connectivity index (χ3v) is 3.29. The maximum absolute atomic E-state index is 11.7. The van der Waals surface area contributed by atoms with Gasteiger partial charge in [0.2, 0.25) is 5.91 Å². The molecule has 0 radical (unpaired) electrons. The summed E-state index contributed by atoms with van der Waals surface area (Å²) in [6.07, 6.45) is 2.25. The molecule has 0 aromatic rings. The van der Waals surface area contributed by atoms with Crippen molar-refractivity contribution in [2.24, 2.45) is 0 Å². The average Bonchev–Trinajstić information content (AvgIpc) is 2.55. The lowest BCUT2D eigenvalue weighted by Crippen LogP contribution is -2.49. The molecule has 0 atom stereocenters. The highest BCUT2D eigenvalue weighted by molar-refractivity contribution is 7.80. The second-order valence-corrected chi connectivity index (χ2v) is 3.92. The monoisotopic (exact) mass is 215 g/mol. The van der Waals surface area contributed by atoms with Crippen molar-refractivity contribution in [3.8, 4) is 0 Å². The normalized spacial score (nSPS) is 19.6. The molecule has 1 saturated heterocycles. The zero-order valence-electron chi connectivity index (χ0n) is 9.00. The smallest absolute Gasteiger partial charge is 0.266 e. The fourth-order valence-electron chi connectivity index (χ4n) is 1.81. The molecular formula is C10H17NO2S. The zero-order valence-corrected chi connectivity index (χ0v) is 9.82. The SMILES string of the molecule is CCC(=O)N1C(=S)OCC1(CC)CC. The fourth-order valence-corrected chi connectivity index (χ4v) is 2.17. The summed E-state index contributed by atoms with van der Waals surface area (Å²) in [5, 5.41) is 0.348. The third-order valence-electron chi connectivity index (χ3n) is 2.99. The average molecular weight is 215 g/mol. The van der Waals surface area contributed by atoms with Gasteiger partial charge in [0.05, 0.1) is 5.54 Å². The molecule has 1 fully saturated rings. The molecule has 0 saturated carbocycles. The third kappa shape index (κ3) is 1.63. The van der Waals surface area contributed by atoms with Crippen molar-refractivity contribution in [1.82, 2.24) is 4.90 Å². The molecule has 0 aromatic heterocycles. The maximum atomic E-state index is 11.7. The lowest BCUT2D eigenvalue weighted by molar-refractivity contribution is -0.130. The molecule has 0 spiro atoms. The number of rotatable bonds is 3. The summed E-state index contributed by atoms with van der Waals surface area (Å²) < 4.78 is 5.32. The Morgan fingerprint density at radius 1 is 1.50 bits per heavy atom. The molecule has 0 bridgehead atoms. The molecule has 0 aromatic carbocycles. The van der Waals surface area contributed by atoms with E-state index < -0.39 is 0 Å². The van der Waals surface area contributed by atoms with Gasteiger partial charge >= 0.3 is 0 Å². The van der Waals surface area contributed by atoms with E-state index >= 15 is 0 Å². The van der Waals surface area contributed by atoms with E-state index in [1.165, 1.54) is 0 Å². The van der Waals surface area contributed by atoms with E-state index in [2.05, 4.69) is 13.8 Å². The number of carbonyl (C=O) groups excluding carboxylic acids is 1. The number of ether oxygens (including phenoxy) is 1. The van der Waals surface area contributed by atoms with Gasteiger partial charge in [0.25, 0.3) is 5.17 Å². The molecule has 1 aliphatic rings. The molecule has 0 N–H and O–H groups in total. The van der Waals surface area contributed by atoms with Gasteiger partial charge < -0.3 is 4.74 Å². The first kappa shape index (κ1) is 11.4. The van der Waals surface area contributed by atoms with Crippen molar-refractivity contribution < 1.29 is 9.53 Å². The highest BCUT2D eigenvalue weighted by Gasteiger charge is 2.45. The molecule has 1 amide bonds.